The lowest BCUT2D eigenvalue weighted by atomic mass is 10.2. The van der Waals surface area contributed by atoms with E-state index in [-0.39, 0.29) is 52.5 Å². The Balaban J connectivity index is 0.000000158. The monoisotopic (exact) mass is 854 g/mol. The summed E-state index contributed by atoms with van der Waals surface area (Å²) in [5.41, 5.74) is 14.6. The summed E-state index contributed by atoms with van der Waals surface area (Å²) in [5, 5.41) is 5.52. The predicted octanol–water partition coefficient (Wildman–Crippen LogP) is 9.94. The van der Waals surface area contributed by atoms with E-state index < -0.39 is 30.0 Å². The molecule has 10 rings (SSSR count). The van der Waals surface area contributed by atoms with Crippen LogP contribution in [0.25, 0.3) is 34.0 Å². The van der Waals surface area contributed by atoms with Gasteiger partial charge in [-0.1, -0.05) is 24.3 Å². The molecule has 0 aliphatic heterocycles. The van der Waals surface area contributed by atoms with Crippen LogP contribution in [0.2, 0.25) is 0 Å². The van der Waals surface area contributed by atoms with E-state index in [0.29, 0.717) is 11.6 Å². The number of anilines is 6. The summed E-state index contributed by atoms with van der Waals surface area (Å²) in [6, 6.07) is 24.8. The smallest absolute Gasteiger partial charge is 0.416 e. The van der Waals surface area contributed by atoms with Crippen LogP contribution in [0.5, 0.6) is 5.75 Å². The third-order valence-corrected chi connectivity index (χ3v) is 10.0. The molecular formula is C42H33F7N12O. The minimum atomic E-state index is -4.46. The first-order valence-corrected chi connectivity index (χ1v) is 19.2. The number of para-hydroxylation sites is 4. The Labute approximate surface area is 346 Å². The highest BCUT2D eigenvalue weighted by atomic mass is 19.4. The van der Waals surface area contributed by atoms with E-state index in [1.54, 1.807) is 9.13 Å². The molecule has 4 aromatic heterocycles. The van der Waals surface area contributed by atoms with Crippen molar-refractivity contribution < 1.29 is 35.5 Å². The van der Waals surface area contributed by atoms with Crippen LogP contribution in [0.15, 0.2) is 97.1 Å². The molecule has 0 spiro atoms. The van der Waals surface area contributed by atoms with Crippen molar-refractivity contribution in [1.29, 1.82) is 0 Å². The first-order valence-electron chi connectivity index (χ1n) is 19.2. The molecule has 0 atom stereocenters. The number of halogens is 7. The number of fused-ring (bicyclic) bond motifs is 2. The fourth-order valence-electron chi connectivity index (χ4n) is 6.75. The Morgan fingerprint density at radius 2 is 1.00 bits per heavy atom. The largest absolute Gasteiger partial charge is 0.435 e. The normalized spacial score (nSPS) is 13.9. The maximum Gasteiger partial charge on any atom is 0.416 e. The summed E-state index contributed by atoms with van der Waals surface area (Å²) in [7, 11) is 0. The molecule has 20 heteroatoms. The van der Waals surface area contributed by atoms with Crippen molar-refractivity contribution in [2.75, 3.05) is 22.1 Å². The molecule has 8 aromatic rings. The number of aromatic nitrogens is 8. The highest BCUT2D eigenvalue weighted by Crippen LogP contribution is 2.43. The van der Waals surface area contributed by atoms with E-state index in [1.807, 2.05) is 48.5 Å². The van der Waals surface area contributed by atoms with Gasteiger partial charge in [-0.25, -0.2) is 9.97 Å². The molecule has 0 radical (unpaired) electrons. The van der Waals surface area contributed by atoms with Gasteiger partial charge in [0.15, 0.2) is 23.3 Å². The number of hydrogen-bond acceptors (Lipinski definition) is 11. The molecular weight excluding hydrogens is 822 g/mol. The van der Waals surface area contributed by atoms with Crippen LogP contribution < -0.4 is 26.8 Å². The maximum absolute atomic E-state index is 14.7. The topological polar surface area (TPSA) is 173 Å². The van der Waals surface area contributed by atoms with Crippen LogP contribution in [0, 0.1) is 11.6 Å². The Hall–Kier alpha value is -7.51. The number of nitrogens with two attached hydrogens (primary N) is 2. The van der Waals surface area contributed by atoms with Crippen LogP contribution in [0.3, 0.4) is 0 Å². The van der Waals surface area contributed by atoms with Gasteiger partial charge in [0.05, 0.1) is 27.6 Å². The Morgan fingerprint density at radius 1 is 0.581 bits per heavy atom. The predicted molar refractivity (Wildman–Crippen MR) is 217 cm³/mol. The minimum Gasteiger partial charge on any atom is -0.435 e. The second kappa shape index (κ2) is 15.8. The Bertz CT molecular complexity index is 2930. The number of benzene rings is 4. The van der Waals surface area contributed by atoms with Crippen molar-refractivity contribution in [3.63, 3.8) is 0 Å². The number of imidazole rings is 2. The molecule has 0 unspecified atom stereocenters. The van der Waals surface area contributed by atoms with Gasteiger partial charge in [0.1, 0.15) is 17.4 Å². The van der Waals surface area contributed by atoms with E-state index in [0.717, 1.165) is 71.5 Å². The van der Waals surface area contributed by atoms with Crippen LogP contribution in [0.1, 0.15) is 54.7 Å². The van der Waals surface area contributed by atoms with Crippen LogP contribution in [-0.2, 0) is 6.18 Å². The fraction of sp³-hybridized carbons (Fsp3) is 0.190. The first kappa shape index (κ1) is 39.9. The molecule has 0 saturated heterocycles. The fourth-order valence-corrected chi connectivity index (χ4v) is 6.75. The lowest BCUT2D eigenvalue weighted by molar-refractivity contribution is -0.137. The number of rotatable bonds is 10. The zero-order chi connectivity index (χ0) is 43.3. The highest BCUT2D eigenvalue weighted by molar-refractivity contribution is 5.79. The molecule has 62 heavy (non-hydrogen) atoms. The second-order valence-corrected chi connectivity index (χ2v) is 14.5. The molecule has 6 N–H and O–H groups in total. The highest BCUT2D eigenvalue weighted by Gasteiger charge is 2.33. The minimum absolute atomic E-state index is 0.0112. The van der Waals surface area contributed by atoms with E-state index >= 15 is 0 Å². The Kier molecular flexibility index (Phi) is 10.2. The van der Waals surface area contributed by atoms with E-state index in [1.165, 1.54) is 36.4 Å². The number of nitrogens with zero attached hydrogens (tertiary/aromatic N) is 8. The molecule has 2 fully saturated rings. The van der Waals surface area contributed by atoms with Crippen LogP contribution in [-0.4, -0.2) is 45.6 Å². The average molecular weight is 855 g/mol. The molecule has 0 amide bonds. The molecule has 13 nitrogen and oxygen atoms in total. The van der Waals surface area contributed by atoms with Gasteiger partial charge in [0.2, 0.25) is 23.5 Å². The second-order valence-electron chi connectivity index (χ2n) is 14.5. The first-order chi connectivity index (χ1) is 29.8. The molecule has 4 aromatic carbocycles. The van der Waals surface area contributed by atoms with Gasteiger partial charge < -0.3 is 26.8 Å². The number of nitrogens with one attached hydrogen (secondary N) is 2. The number of alkyl halides is 5. The summed E-state index contributed by atoms with van der Waals surface area (Å²) < 4.78 is 100. The molecule has 2 aliphatic carbocycles. The van der Waals surface area contributed by atoms with Gasteiger partial charge >= 0.3 is 12.8 Å². The lowest BCUT2D eigenvalue weighted by Gasteiger charge is -2.13. The molecule has 2 saturated carbocycles. The SMILES string of the molecule is Nc1nc(-n2c(C3CC3)nc3ccccc32)nc(Nc2ccc(C(F)(F)F)cc2)c1F.Nc1nc(-n2c(C3CC3)nc3ccccc32)nc(Nc2ccc(OC(F)F)cc2)c1F. The van der Waals surface area contributed by atoms with Crippen molar-refractivity contribution in [1.82, 2.24) is 39.0 Å². The van der Waals surface area contributed by atoms with Gasteiger partial charge in [0.25, 0.3) is 0 Å². The van der Waals surface area contributed by atoms with Crippen molar-refractivity contribution in [2.45, 2.75) is 50.3 Å². The van der Waals surface area contributed by atoms with Crippen molar-refractivity contribution >= 4 is 56.7 Å². The molecule has 0 bridgehead atoms. The molecule has 2 aliphatic rings. The average Bonchev–Trinajstić information content (AvgIpc) is 4.20. The zero-order valence-electron chi connectivity index (χ0n) is 32.1. The number of nitrogen functional groups attached to an aromatic ring is 2. The number of ether oxygens (including phenoxy) is 1. The summed E-state index contributed by atoms with van der Waals surface area (Å²) in [6.07, 6.45) is -0.471. The Morgan fingerprint density at radius 3 is 1.40 bits per heavy atom. The van der Waals surface area contributed by atoms with Gasteiger partial charge in [0, 0.05) is 23.2 Å². The van der Waals surface area contributed by atoms with Gasteiger partial charge in [-0.2, -0.15) is 50.7 Å². The summed E-state index contributed by atoms with van der Waals surface area (Å²) in [5.74, 6) is -0.291. The van der Waals surface area contributed by atoms with Crippen molar-refractivity contribution in [3.05, 3.63) is 126 Å². The third-order valence-electron chi connectivity index (χ3n) is 10.0. The third kappa shape index (κ3) is 8.17. The van der Waals surface area contributed by atoms with Gasteiger partial charge in [-0.05, 0) is 98.5 Å². The van der Waals surface area contributed by atoms with Crippen molar-refractivity contribution in [3.8, 4) is 17.6 Å². The summed E-state index contributed by atoms with van der Waals surface area (Å²) in [4.78, 5) is 26.3. The summed E-state index contributed by atoms with van der Waals surface area (Å²) >= 11 is 0. The van der Waals surface area contributed by atoms with Crippen LogP contribution >= 0.6 is 0 Å². The zero-order valence-corrected chi connectivity index (χ0v) is 32.1. The van der Waals surface area contributed by atoms with Gasteiger partial charge in [-0.3, -0.25) is 9.13 Å². The molecule has 316 valence electrons. The standard InChI is InChI=1S/C21H16F4N6.C21H17F3N6O/c22-16-17(26)29-20(30-18(16)27-13-9-7-12(8-10-13)21(23,24)25)31-15-4-2-1-3-14(15)28-19(31)11-5-6-11;22-16-17(25)28-21(29-18(16)26-12-7-9-13(10-8-12)31-20(23)24)30-15-4-2-1-3-14(15)27-19(30)11-5-6-11/h1-4,7-11H,5-6H2,(H3,26,27,29,30);1-4,7-11,20H,5-6H2,(H3,25,26,28,29). The maximum atomic E-state index is 14.7. The van der Waals surface area contributed by atoms with E-state index in [9.17, 15) is 30.7 Å². The number of hydrogen-bond donors (Lipinski definition) is 4. The quantitative estimate of drug-likeness (QED) is 0.0965. The van der Waals surface area contributed by atoms with Crippen LogP contribution in [0.4, 0.5) is 65.4 Å². The summed E-state index contributed by atoms with van der Waals surface area (Å²) in [6.45, 7) is -2.92. The van der Waals surface area contributed by atoms with E-state index in [2.05, 4.69) is 40.3 Å². The van der Waals surface area contributed by atoms with Crippen molar-refractivity contribution in [2.24, 2.45) is 0 Å². The van der Waals surface area contributed by atoms with Gasteiger partial charge in [-0.15, -0.1) is 0 Å². The molecule has 4 heterocycles. The lowest BCUT2D eigenvalue weighted by Crippen LogP contribution is -2.11. The van der Waals surface area contributed by atoms with E-state index in [4.69, 9.17) is 16.5 Å².